The number of methoxy groups -OCH3 is 1. The summed E-state index contributed by atoms with van der Waals surface area (Å²) in [6.07, 6.45) is 0.925. The van der Waals surface area contributed by atoms with Crippen LogP contribution in [0.15, 0.2) is 42.5 Å². The van der Waals surface area contributed by atoms with Crippen molar-refractivity contribution in [3.63, 3.8) is 0 Å². The Bertz CT molecular complexity index is 862. The number of nitrogens with zero attached hydrogens (tertiary/aromatic N) is 2. The Balaban J connectivity index is 1.50. The van der Waals surface area contributed by atoms with E-state index in [-0.39, 0.29) is 12.0 Å². The number of ether oxygens (including phenoxy) is 3. The normalized spacial score (nSPS) is 19.2. The Kier molecular flexibility index (Phi) is 5.90. The molecule has 0 saturated carbocycles. The highest BCUT2D eigenvalue weighted by molar-refractivity contribution is 5.90. The summed E-state index contributed by atoms with van der Waals surface area (Å²) in [5, 5.41) is 0. The van der Waals surface area contributed by atoms with Crippen LogP contribution >= 0.6 is 0 Å². The number of carbonyl (C=O) groups excluding carboxylic acids is 1. The summed E-state index contributed by atoms with van der Waals surface area (Å²) >= 11 is 0. The van der Waals surface area contributed by atoms with Crippen molar-refractivity contribution in [2.24, 2.45) is 0 Å². The number of para-hydroxylation sites is 2. The van der Waals surface area contributed by atoms with E-state index >= 15 is 0 Å². The van der Waals surface area contributed by atoms with Crippen molar-refractivity contribution in [3.8, 4) is 11.5 Å². The van der Waals surface area contributed by atoms with E-state index in [1.54, 1.807) is 13.2 Å². The molecule has 0 amide bonds. The van der Waals surface area contributed by atoms with Crippen LogP contribution in [0.2, 0.25) is 0 Å². The second kappa shape index (κ2) is 8.74. The first-order valence-electron chi connectivity index (χ1n) is 10.3. The smallest absolute Gasteiger partial charge is 0.338 e. The van der Waals surface area contributed by atoms with Gasteiger partial charge in [-0.15, -0.1) is 0 Å². The number of hydrogen-bond acceptors (Lipinski definition) is 6. The van der Waals surface area contributed by atoms with Gasteiger partial charge in [-0.25, -0.2) is 4.79 Å². The second-order valence-electron chi connectivity index (χ2n) is 7.32. The van der Waals surface area contributed by atoms with Crippen LogP contribution in [0.1, 0.15) is 35.3 Å². The number of hydrogen-bond donors (Lipinski definition) is 0. The molecule has 1 saturated heterocycles. The average Bonchev–Trinajstić information content (AvgIpc) is 2.78. The van der Waals surface area contributed by atoms with Crippen molar-refractivity contribution >= 4 is 11.7 Å². The highest BCUT2D eigenvalue weighted by atomic mass is 16.5. The quantitative estimate of drug-likeness (QED) is 0.721. The van der Waals surface area contributed by atoms with Crippen LogP contribution in [-0.4, -0.2) is 57.4 Å². The minimum Gasteiger partial charge on any atom is -0.495 e. The average molecular weight is 396 g/mol. The van der Waals surface area contributed by atoms with E-state index in [9.17, 15) is 4.79 Å². The predicted octanol–water partition coefficient (Wildman–Crippen LogP) is 3.52. The van der Waals surface area contributed by atoms with E-state index in [1.165, 1.54) is 0 Å². The molecule has 2 heterocycles. The van der Waals surface area contributed by atoms with E-state index < -0.39 is 0 Å². The number of esters is 1. The highest BCUT2D eigenvalue weighted by Crippen LogP contribution is 2.38. The van der Waals surface area contributed by atoms with Crippen molar-refractivity contribution in [2.75, 3.05) is 51.4 Å². The molecule has 2 aliphatic heterocycles. The van der Waals surface area contributed by atoms with Crippen LogP contribution < -0.4 is 14.4 Å². The zero-order chi connectivity index (χ0) is 20.2. The van der Waals surface area contributed by atoms with E-state index in [0.717, 1.165) is 55.3 Å². The molecule has 154 valence electrons. The van der Waals surface area contributed by atoms with Gasteiger partial charge in [-0.05, 0) is 37.3 Å². The fourth-order valence-electron chi connectivity index (χ4n) is 4.26. The van der Waals surface area contributed by atoms with Gasteiger partial charge in [0, 0.05) is 44.2 Å². The van der Waals surface area contributed by atoms with Crippen molar-refractivity contribution in [1.29, 1.82) is 0 Å². The van der Waals surface area contributed by atoms with Gasteiger partial charge in [-0.2, -0.15) is 0 Å². The third-order valence-electron chi connectivity index (χ3n) is 5.71. The standard InChI is InChI=1S/C23H28N2O4/c1-3-28-23(26)17-8-9-21-18(16-17)19(10-15-29-21)24-11-13-25(14-12-24)20-6-4-5-7-22(20)27-2/h4-9,16,19H,3,10-15H2,1-2H3. The molecule has 6 heteroatoms. The predicted molar refractivity (Wildman–Crippen MR) is 112 cm³/mol. The van der Waals surface area contributed by atoms with Gasteiger partial charge in [0.2, 0.25) is 0 Å². The summed E-state index contributed by atoms with van der Waals surface area (Å²) in [4.78, 5) is 17.1. The van der Waals surface area contributed by atoms with E-state index in [4.69, 9.17) is 14.2 Å². The van der Waals surface area contributed by atoms with Crippen LogP contribution in [-0.2, 0) is 4.74 Å². The molecule has 1 fully saturated rings. The van der Waals surface area contributed by atoms with Crippen LogP contribution in [0.25, 0.3) is 0 Å². The van der Waals surface area contributed by atoms with Gasteiger partial charge in [0.15, 0.2) is 0 Å². The molecule has 0 aliphatic carbocycles. The summed E-state index contributed by atoms with van der Waals surface area (Å²) in [7, 11) is 1.72. The van der Waals surface area contributed by atoms with Crippen LogP contribution in [0.5, 0.6) is 11.5 Å². The van der Waals surface area contributed by atoms with Crippen molar-refractivity contribution < 1.29 is 19.0 Å². The lowest BCUT2D eigenvalue weighted by Gasteiger charge is -2.42. The zero-order valence-electron chi connectivity index (χ0n) is 17.1. The van der Waals surface area contributed by atoms with Crippen molar-refractivity contribution in [2.45, 2.75) is 19.4 Å². The first-order valence-corrected chi connectivity index (χ1v) is 10.3. The molecular weight excluding hydrogens is 368 g/mol. The fraction of sp³-hybridized carbons (Fsp3) is 0.435. The molecule has 6 nitrogen and oxygen atoms in total. The summed E-state index contributed by atoms with van der Waals surface area (Å²) in [6, 6.07) is 14.1. The lowest BCUT2D eigenvalue weighted by molar-refractivity contribution is 0.0525. The fourth-order valence-corrected chi connectivity index (χ4v) is 4.26. The van der Waals surface area contributed by atoms with Gasteiger partial charge >= 0.3 is 5.97 Å². The summed E-state index contributed by atoms with van der Waals surface area (Å²) in [6.45, 7) is 6.67. The first-order chi connectivity index (χ1) is 14.2. The number of carbonyl (C=O) groups is 1. The maximum atomic E-state index is 12.2. The third kappa shape index (κ3) is 4.03. The van der Waals surface area contributed by atoms with Gasteiger partial charge in [-0.1, -0.05) is 12.1 Å². The Labute approximate surface area is 172 Å². The van der Waals surface area contributed by atoms with Crippen LogP contribution in [0, 0.1) is 0 Å². The second-order valence-corrected chi connectivity index (χ2v) is 7.32. The molecule has 1 unspecified atom stereocenters. The topological polar surface area (TPSA) is 51.2 Å². The lowest BCUT2D eigenvalue weighted by Crippen LogP contribution is -2.48. The summed E-state index contributed by atoms with van der Waals surface area (Å²) in [5.74, 6) is 1.51. The molecule has 2 aromatic carbocycles. The highest BCUT2D eigenvalue weighted by Gasteiger charge is 2.31. The number of anilines is 1. The van der Waals surface area contributed by atoms with Gasteiger partial charge < -0.3 is 19.1 Å². The monoisotopic (exact) mass is 396 g/mol. The minimum absolute atomic E-state index is 0.257. The molecule has 29 heavy (non-hydrogen) atoms. The van der Waals surface area contributed by atoms with Gasteiger partial charge in [0.05, 0.1) is 31.6 Å². The molecule has 0 radical (unpaired) electrons. The number of benzene rings is 2. The molecule has 0 N–H and O–H groups in total. The van der Waals surface area contributed by atoms with Gasteiger partial charge in [0.1, 0.15) is 11.5 Å². The van der Waals surface area contributed by atoms with Gasteiger partial charge in [-0.3, -0.25) is 4.90 Å². The van der Waals surface area contributed by atoms with E-state index in [2.05, 4.69) is 21.9 Å². The summed E-state index contributed by atoms with van der Waals surface area (Å²) in [5.41, 5.74) is 2.83. The Morgan fingerprint density at radius 2 is 1.93 bits per heavy atom. The Morgan fingerprint density at radius 3 is 2.69 bits per heavy atom. The Morgan fingerprint density at radius 1 is 1.14 bits per heavy atom. The maximum Gasteiger partial charge on any atom is 0.338 e. The third-order valence-corrected chi connectivity index (χ3v) is 5.71. The zero-order valence-corrected chi connectivity index (χ0v) is 17.1. The number of fused-ring (bicyclic) bond motifs is 1. The number of piperazine rings is 1. The van der Waals surface area contributed by atoms with E-state index in [1.807, 2.05) is 31.2 Å². The van der Waals surface area contributed by atoms with Crippen molar-refractivity contribution in [1.82, 2.24) is 4.90 Å². The number of rotatable bonds is 5. The largest absolute Gasteiger partial charge is 0.495 e. The first kappa shape index (κ1) is 19.6. The molecule has 2 aliphatic rings. The molecule has 0 aromatic heterocycles. The molecule has 4 rings (SSSR count). The Hall–Kier alpha value is -2.73. The van der Waals surface area contributed by atoms with Gasteiger partial charge in [0.25, 0.3) is 0 Å². The minimum atomic E-state index is -0.277. The summed E-state index contributed by atoms with van der Waals surface area (Å²) < 4.78 is 16.6. The van der Waals surface area contributed by atoms with Crippen molar-refractivity contribution in [3.05, 3.63) is 53.6 Å². The van der Waals surface area contributed by atoms with E-state index in [0.29, 0.717) is 18.8 Å². The molecule has 1 atom stereocenters. The molecular formula is C23H28N2O4. The maximum absolute atomic E-state index is 12.2. The van der Waals surface area contributed by atoms with Crippen LogP contribution in [0.4, 0.5) is 5.69 Å². The van der Waals surface area contributed by atoms with Crippen LogP contribution in [0.3, 0.4) is 0 Å². The SMILES string of the molecule is CCOC(=O)c1ccc2c(c1)C(N1CCN(c3ccccc3OC)CC1)CCO2. The molecule has 0 bridgehead atoms. The molecule has 0 spiro atoms. The molecule has 2 aromatic rings. The lowest BCUT2D eigenvalue weighted by atomic mass is 9.96.